The number of fused-ring (bicyclic) bond motifs is 1. The first-order valence-electron chi connectivity index (χ1n) is 7.84. The zero-order valence-electron chi connectivity index (χ0n) is 13.5. The molecule has 0 aliphatic carbocycles. The molecule has 6 heteroatoms. The predicted molar refractivity (Wildman–Crippen MR) is 97.7 cm³/mol. The molecule has 3 rings (SSSR count). The Bertz CT molecular complexity index is 981. The second kappa shape index (κ2) is 7.40. The number of anilines is 1. The summed E-state index contributed by atoms with van der Waals surface area (Å²) in [5.41, 5.74) is 0.0904. The van der Waals surface area contributed by atoms with Gasteiger partial charge in [-0.25, -0.2) is 4.79 Å². The maximum absolute atomic E-state index is 12.4. The van der Waals surface area contributed by atoms with E-state index in [9.17, 15) is 9.59 Å². The summed E-state index contributed by atoms with van der Waals surface area (Å²) in [6.45, 7) is 2.59. The highest BCUT2D eigenvalue weighted by Crippen LogP contribution is 2.21. The highest BCUT2D eigenvalue weighted by atomic mass is 35.5. The van der Waals surface area contributed by atoms with Gasteiger partial charge in [0.15, 0.2) is 0 Å². The third-order valence-corrected chi connectivity index (χ3v) is 3.74. The summed E-state index contributed by atoms with van der Waals surface area (Å²) in [6, 6.07) is 13.4. The van der Waals surface area contributed by atoms with Gasteiger partial charge in [0.1, 0.15) is 16.9 Å². The number of nitrogens with one attached hydrogen (secondary N) is 1. The lowest BCUT2D eigenvalue weighted by atomic mass is 10.1. The summed E-state index contributed by atoms with van der Waals surface area (Å²) in [4.78, 5) is 24.5. The molecule has 5 nitrogen and oxygen atoms in total. The molecule has 25 heavy (non-hydrogen) atoms. The minimum Gasteiger partial charge on any atom is -0.493 e. The van der Waals surface area contributed by atoms with Crippen LogP contribution in [0.2, 0.25) is 5.02 Å². The smallest absolute Gasteiger partial charge is 0.349 e. The van der Waals surface area contributed by atoms with Crippen molar-refractivity contribution in [1.29, 1.82) is 0 Å². The number of halogens is 1. The van der Waals surface area contributed by atoms with Crippen LogP contribution in [0.15, 0.2) is 57.7 Å². The molecule has 0 spiro atoms. The van der Waals surface area contributed by atoms with Crippen molar-refractivity contribution in [3.8, 4) is 5.75 Å². The zero-order valence-corrected chi connectivity index (χ0v) is 14.3. The molecule has 0 fully saturated rings. The molecule has 0 unspecified atom stereocenters. The number of carbonyl (C=O) groups is 1. The Morgan fingerprint density at radius 2 is 2.04 bits per heavy atom. The van der Waals surface area contributed by atoms with Crippen LogP contribution < -0.4 is 15.7 Å². The van der Waals surface area contributed by atoms with Crippen LogP contribution in [0.5, 0.6) is 5.75 Å². The van der Waals surface area contributed by atoms with Crippen molar-refractivity contribution >= 4 is 34.2 Å². The normalized spacial score (nSPS) is 10.6. The number of ether oxygens (including phenoxy) is 1. The Balaban J connectivity index is 1.90. The molecule has 0 bridgehead atoms. The highest BCUT2D eigenvalue weighted by molar-refractivity contribution is 6.31. The van der Waals surface area contributed by atoms with E-state index in [2.05, 4.69) is 5.32 Å². The number of hydrogen-bond donors (Lipinski definition) is 1. The van der Waals surface area contributed by atoms with Crippen LogP contribution in [0.1, 0.15) is 23.7 Å². The van der Waals surface area contributed by atoms with E-state index in [1.54, 1.807) is 42.5 Å². The zero-order chi connectivity index (χ0) is 17.8. The molecule has 128 valence electrons. The summed E-state index contributed by atoms with van der Waals surface area (Å²) < 4.78 is 10.8. The van der Waals surface area contributed by atoms with Crippen LogP contribution in [0.4, 0.5) is 5.69 Å². The molecule has 1 heterocycles. The maximum Gasteiger partial charge on any atom is 0.349 e. The molecular weight excluding hydrogens is 342 g/mol. The van der Waals surface area contributed by atoms with Crippen LogP contribution >= 0.6 is 11.6 Å². The summed E-state index contributed by atoms with van der Waals surface area (Å²) >= 11 is 5.89. The van der Waals surface area contributed by atoms with Crippen LogP contribution in [0, 0.1) is 0 Å². The van der Waals surface area contributed by atoms with Gasteiger partial charge in [-0.1, -0.05) is 24.6 Å². The average Bonchev–Trinajstić information content (AvgIpc) is 2.59. The van der Waals surface area contributed by atoms with E-state index in [1.807, 2.05) is 6.92 Å². The largest absolute Gasteiger partial charge is 0.493 e. The first kappa shape index (κ1) is 17.0. The van der Waals surface area contributed by atoms with E-state index in [0.29, 0.717) is 34.0 Å². The minimum absolute atomic E-state index is 0.0743. The first-order chi connectivity index (χ1) is 12.1. The molecule has 0 aliphatic heterocycles. The van der Waals surface area contributed by atoms with Crippen LogP contribution in [-0.4, -0.2) is 12.5 Å². The predicted octanol–water partition coefficient (Wildman–Crippen LogP) is 4.49. The Hall–Kier alpha value is -2.79. The van der Waals surface area contributed by atoms with Gasteiger partial charge < -0.3 is 14.5 Å². The fourth-order valence-corrected chi connectivity index (χ4v) is 2.51. The molecular formula is C19H16ClNO4. The molecule has 0 saturated heterocycles. The molecule has 0 radical (unpaired) electrons. The van der Waals surface area contributed by atoms with Gasteiger partial charge in [-0.3, -0.25) is 4.79 Å². The third kappa shape index (κ3) is 4.00. The quantitative estimate of drug-likeness (QED) is 0.683. The molecule has 1 N–H and O–H groups in total. The molecule has 2 aromatic carbocycles. The molecule has 1 aromatic heterocycles. The van der Waals surface area contributed by atoms with E-state index in [4.69, 9.17) is 20.8 Å². The van der Waals surface area contributed by atoms with Crippen molar-refractivity contribution in [2.75, 3.05) is 11.9 Å². The summed E-state index contributed by atoms with van der Waals surface area (Å²) in [7, 11) is 0. The van der Waals surface area contributed by atoms with Gasteiger partial charge in [0.05, 0.1) is 6.61 Å². The first-order valence-corrected chi connectivity index (χ1v) is 8.22. The van der Waals surface area contributed by atoms with Gasteiger partial charge in [-0.15, -0.1) is 0 Å². The van der Waals surface area contributed by atoms with E-state index in [0.717, 1.165) is 6.42 Å². The number of benzene rings is 2. The van der Waals surface area contributed by atoms with Gasteiger partial charge in [0, 0.05) is 22.2 Å². The van der Waals surface area contributed by atoms with Gasteiger partial charge in [-0.2, -0.15) is 0 Å². The van der Waals surface area contributed by atoms with Gasteiger partial charge in [-0.05, 0) is 42.8 Å². The summed E-state index contributed by atoms with van der Waals surface area (Å²) in [5.74, 6) is 0.0675. The van der Waals surface area contributed by atoms with E-state index in [1.165, 1.54) is 6.07 Å². The van der Waals surface area contributed by atoms with E-state index >= 15 is 0 Å². The topological polar surface area (TPSA) is 68.5 Å². The molecule has 3 aromatic rings. The molecule has 0 aliphatic rings. The SMILES string of the molecule is CCCOc1ccc2cc(C(=O)Nc3cccc(Cl)c3)c(=O)oc2c1. The number of amides is 1. The number of rotatable bonds is 5. The summed E-state index contributed by atoms with van der Waals surface area (Å²) in [5, 5.41) is 3.76. The van der Waals surface area contributed by atoms with Crippen LogP contribution in [0.3, 0.4) is 0 Å². The Labute approximate surface area is 149 Å². The van der Waals surface area contributed by atoms with Gasteiger partial charge in [0.25, 0.3) is 5.91 Å². The minimum atomic E-state index is -0.709. The fourth-order valence-electron chi connectivity index (χ4n) is 2.32. The Morgan fingerprint density at radius 3 is 2.80 bits per heavy atom. The lowest BCUT2D eigenvalue weighted by Gasteiger charge is -2.07. The monoisotopic (exact) mass is 357 g/mol. The molecule has 0 atom stereocenters. The fraction of sp³-hybridized carbons (Fsp3) is 0.158. The van der Waals surface area contributed by atoms with Crippen molar-refractivity contribution < 1.29 is 13.9 Å². The van der Waals surface area contributed by atoms with Crippen molar-refractivity contribution in [3.05, 3.63) is 69.5 Å². The second-order valence-corrected chi connectivity index (χ2v) is 5.90. The third-order valence-electron chi connectivity index (χ3n) is 3.51. The van der Waals surface area contributed by atoms with E-state index in [-0.39, 0.29) is 5.56 Å². The van der Waals surface area contributed by atoms with E-state index < -0.39 is 11.5 Å². The van der Waals surface area contributed by atoms with Crippen LogP contribution in [-0.2, 0) is 0 Å². The standard InChI is InChI=1S/C19H16ClNO4/c1-2-8-24-15-7-6-12-9-16(19(23)25-17(12)11-15)18(22)21-14-5-3-4-13(20)10-14/h3-7,9-11H,2,8H2,1H3,(H,21,22). The molecule has 0 saturated carbocycles. The maximum atomic E-state index is 12.4. The van der Waals surface area contributed by atoms with Crippen molar-refractivity contribution in [1.82, 2.24) is 0 Å². The van der Waals surface area contributed by atoms with Crippen molar-refractivity contribution in [2.24, 2.45) is 0 Å². The highest BCUT2D eigenvalue weighted by Gasteiger charge is 2.14. The lowest BCUT2D eigenvalue weighted by Crippen LogP contribution is -2.20. The number of hydrogen-bond acceptors (Lipinski definition) is 4. The second-order valence-electron chi connectivity index (χ2n) is 5.46. The Kier molecular flexibility index (Phi) is 5.05. The van der Waals surface area contributed by atoms with Crippen LogP contribution in [0.25, 0.3) is 11.0 Å². The lowest BCUT2D eigenvalue weighted by molar-refractivity contribution is 0.102. The average molecular weight is 358 g/mol. The van der Waals surface area contributed by atoms with Crippen molar-refractivity contribution in [3.63, 3.8) is 0 Å². The van der Waals surface area contributed by atoms with Gasteiger partial charge in [0.2, 0.25) is 0 Å². The summed E-state index contributed by atoms with van der Waals surface area (Å²) in [6.07, 6.45) is 0.880. The molecule has 1 amide bonds. The Morgan fingerprint density at radius 1 is 1.20 bits per heavy atom. The van der Waals surface area contributed by atoms with Gasteiger partial charge >= 0.3 is 5.63 Å². The number of carbonyl (C=O) groups excluding carboxylic acids is 1. The van der Waals surface area contributed by atoms with Crippen molar-refractivity contribution in [2.45, 2.75) is 13.3 Å².